The van der Waals surface area contributed by atoms with Crippen molar-refractivity contribution in [3.8, 4) is 0 Å². The van der Waals surface area contributed by atoms with Crippen LogP contribution in [0.4, 0.5) is 11.4 Å². The largest absolute Gasteiger partial charge is 0.352 e. The molecular weight excluding hydrogens is 404 g/mol. The van der Waals surface area contributed by atoms with Crippen LogP contribution in [0.1, 0.15) is 41.1 Å². The number of rotatable bonds is 6. The number of carbonyl (C=O) groups excluding carboxylic acids is 4. The Labute approximate surface area is 178 Å². The highest BCUT2D eigenvalue weighted by Gasteiger charge is 2.21. The monoisotopic (exact) mass is 428 g/mol. The first-order valence-electron chi connectivity index (χ1n) is 9.63. The first kappa shape index (κ1) is 21.5. The van der Waals surface area contributed by atoms with Gasteiger partial charge >= 0.3 is 0 Å². The maximum absolute atomic E-state index is 12.5. The third-order valence-corrected chi connectivity index (χ3v) is 5.64. The molecule has 30 heavy (non-hydrogen) atoms. The van der Waals surface area contributed by atoms with Crippen LogP contribution < -0.4 is 16.0 Å². The van der Waals surface area contributed by atoms with Crippen LogP contribution >= 0.6 is 11.3 Å². The average Bonchev–Trinajstić information content (AvgIpc) is 3.14. The summed E-state index contributed by atoms with van der Waals surface area (Å²) in [5.41, 5.74) is 2.27. The summed E-state index contributed by atoms with van der Waals surface area (Å²) < 4.78 is 0. The molecule has 0 saturated heterocycles. The second kappa shape index (κ2) is 9.53. The Bertz CT molecular complexity index is 951. The van der Waals surface area contributed by atoms with E-state index >= 15 is 0 Å². The van der Waals surface area contributed by atoms with Crippen molar-refractivity contribution in [2.24, 2.45) is 0 Å². The molecule has 2 heterocycles. The standard InChI is InChI=1S/C21H24N4O4S/c1-13(26)23-17-9-16(10-18(11-17)24-14(2)27)21(29)22-6-3-20(28)25-7-4-19-15(12-25)5-8-30-19/h5,8-11H,3-4,6-7,12H2,1-2H3,(H,22,29)(H,23,26)(H,24,27). The van der Waals surface area contributed by atoms with Crippen molar-refractivity contribution < 1.29 is 19.2 Å². The number of nitrogens with one attached hydrogen (secondary N) is 3. The van der Waals surface area contributed by atoms with Gasteiger partial charge in [0.05, 0.1) is 0 Å². The van der Waals surface area contributed by atoms with Gasteiger partial charge in [-0.1, -0.05) is 0 Å². The van der Waals surface area contributed by atoms with Crippen molar-refractivity contribution in [1.29, 1.82) is 0 Å². The summed E-state index contributed by atoms with van der Waals surface area (Å²) in [5, 5.41) is 9.99. The molecule has 9 heteroatoms. The molecule has 1 aromatic carbocycles. The van der Waals surface area contributed by atoms with E-state index < -0.39 is 0 Å². The normalized spacial score (nSPS) is 12.7. The Morgan fingerprint density at radius 1 is 1.03 bits per heavy atom. The molecule has 0 saturated carbocycles. The van der Waals surface area contributed by atoms with Gasteiger partial charge in [0, 0.05) is 61.7 Å². The molecule has 2 aromatic rings. The second-order valence-corrected chi connectivity index (χ2v) is 8.10. The van der Waals surface area contributed by atoms with Crippen LogP contribution in [0.25, 0.3) is 0 Å². The summed E-state index contributed by atoms with van der Waals surface area (Å²) in [6, 6.07) is 6.66. The topological polar surface area (TPSA) is 108 Å². The number of carbonyl (C=O) groups is 4. The van der Waals surface area contributed by atoms with Crippen molar-refractivity contribution in [2.75, 3.05) is 23.7 Å². The van der Waals surface area contributed by atoms with E-state index in [0.717, 1.165) is 6.42 Å². The number of amides is 4. The van der Waals surface area contributed by atoms with E-state index in [1.807, 2.05) is 10.3 Å². The fourth-order valence-electron chi connectivity index (χ4n) is 3.31. The molecule has 0 radical (unpaired) electrons. The van der Waals surface area contributed by atoms with Gasteiger partial charge in [-0.05, 0) is 41.6 Å². The molecule has 1 aromatic heterocycles. The molecule has 3 rings (SSSR count). The smallest absolute Gasteiger partial charge is 0.251 e. The molecule has 0 bridgehead atoms. The van der Waals surface area contributed by atoms with Gasteiger partial charge in [0.2, 0.25) is 17.7 Å². The van der Waals surface area contributed by atoms with Crippen LogP contribution in [-0.2, 0) is 27.3 Å². The van der Waals surface area contributed by atoms with E-state index in [1.54, 1.807) is 17.4 Å². The highest BCUT2D eigenvalue weighted by atomic mass is 32.1. The summed E-state index contributed by atoms with van der Waals surface area (Å²) in [5.74, 6) is -0.970. The molecule has 4 amide bonds. The van der Waals surface area contributed by atoms with Gasteiger partial charge in [-0.25, -0.2) is 0 Å². The molecule has 0 aliphatic carbocycles. The summed E-state index contributed by atoms with van der Waals surface area (Å²) in [6.45, 7) is 4.22. The average molecular weight is 429 g/mol. The predicted molar refractivity (Wildman–Crippen MR) is 115 cm³/mol. The van der Waals surface area contributed by atoms with Crippen molar-refractivity contribution in [3.63, 3.8) is 0 Å². The van der Waals surface area contributed by atoms with E-state index in [4.69, 9.17) is 0 Å². The zero-order chi connectivity index (χ0) is 21.7. The molecule has 158 valence electrons. The number of thiophene rings is 1. The Balaban J connectivity index is 1.58. The molecule has 0 atom stereocenters. The lowest BCUT2D eigenvalue weighted by molar-refractivity contribution is -0.132. The lowest BCUT2D eigenvalue weighted by Crippen LogP contribution is -2.37. The zero-order valence-electron chi connectivity index (χ0n) is 16.9. The van der Waals surface area contributed by atoms with Crippen molar-refractivity contribution >= 4 is 46.3 Å². The van der Waals surface area contributed by atoms with E-state index in [1.165, 1.54) is 36.4 Å². The minimum atomic E-state index is -0.389. The Kier molecular flexibility index (Phi) is 6.83. The summed E-state index contributed by atoms with van der Waals surface area (Å²) >= 11 is 1.72. The van der Waals surface area contributed by atoms with Gasteiger partial charge < -0.3 is 20.9 Å². The fraction of sp³-hybridized carbons (Fsp3) is 0.333. The number of anilines is 2. The molecule has 3 N–H and O–H groups in total. The van der Waals surface area contributed by atoms with Gasteiger partial charge in [-0.2, -0.15) is 0 Å². The van der Waals surface area contributed by atoms with Gasteiger partial charge in [0.1, 0.15) is 0 Å². The second-order valence-electron chi connectivity index (χ2n) is 7.10. The molecule has 0 unspecified atom stereocenters. The molecule has 1 aliphatic heterocycles. The number of nitrogens with zero attached hydrogens (tertiary/aromatic N) is 1. The van der Waals surface area contributed by atoms with Gasteiger partial charge in [-0.15, -0.1) is 11.3 Å². The number of hydrogen-bond acceptors (Lipinski definition) is 5. The number of benzene rings is 1. The van der Waals surface area contributed by atoms with Crippen LogP contribution in [0.15, 0.2) is 29.6 Å². The first-order chi connectivity index (χ1) is 14.3. The molecule has 1 aliphatic rings. The van der Waals surface area contributed by atoms with Crippen LogP contribution in [0, 0.1) is 0 Å². The van der Waals surface area contributed by atoms with Crippen molar-refractivity contribution in [2.45, 2.75) is 33.2 Å². The quantitative estimate of drug-likeness (QED) is 0.656. The molecule has 0 spiro atoms. The molecule has 8 nitrogen and oxygen atoms in total. The van der Waals surface area contributed by atoms with Crippen LogP contribution in [0.2, 0.25) is 0 Å². The SMILES string of the molecule is CC(=O)Nc1cc(NC(C)=O)cc(C(=O)NCCC(=O)N2CCc3sccc3C2)c1. The van der Waals surface area contributed by atoms with Crippen LogP contribution in [-0.4, -0.2) is 41.6 Å². The van der Waals surface area contributed by atoms with Gasteiger partial charge in [-0.3, -0.25) is 19.2 Å². The van der Waals surface area contributed by atoms with Crippen molar-refractivity contribution in [3.05, 3.63) is 45.6 Å². The lowest BCUT2D eigenvalue weighted by Gasteiger charge is -2.27. The summed E-state index contributed by atoms with van der Waals surface area (Å²) in [7, 11) is 0. The van der Waals surface area contributed by atoms with Crippen molar-refractivity contribution in [1.82, 2.24) is 10.2 Å². The van der Waals surface area contributed by atoms with Crippen LogP contribution in [0.5, 0.6) is 0 Å². The minimum Gasteiger partial charge on any atom is -0.352 e. The predicted octanol–water partition coefficient (Wildman–Crippen LogP) is 2.37. The summed E-state index contributed by atoms with van der Waals surface area (Å²) in [4.78, 5) is 50.9. The van der Waals surface area contributed by atoms with E-state index in [0.29, 0.717) is 24.5 Å². The number of fused-ring (bicyclic) bond motifs is 1. The maximum atomic E-state index is 12.5. The Morgan fingerprint density at radius 3 is 2.33 bits per heavy atom. The van der Waals surface area contributed by atoms with Gasteiger partial charge in [0.15, 0.2) is 0 Å². The number of hydrogen-bond donors (Lipinski definition) is 3. The third-order valence-electron chi connectivity index (χ3n) is 4.62. The highest BCUT2D eigenvalue weighted by molar-refractivity contribution is 7.10. The van der Waals surface area contributed by atoms with E-state index in [-0.39, 0.29) is 42.2 Å². The molecular formula is C21H24N4O4S. The first-order valence-corrected chi connectivity index (χ1v) is 10.5. The Hall–Kier alpha value is -3.20. The lowest BCUT2D eigenvalue weighted by atomic mass is 10.1. The Morgan fingerprint density at radius 2 is 1.70 bits per heavy atom. The third kappa shape index (κ3) is 5.66. The van der Waals surface area contributed by atoms with Crippen LogP contribution in [0.3, 0.4) is 0 Å². The van der Waals surface area contributed by atoms with E-state index in [9.17, 15) is 19.2 Å². The fourth-order valence-corrected chi connectivity index (χ4v) is 4.20. The van der Waals surface area contributed by atoms with E-state index in [2.05, 4.69) is 22.0 Å². The maximum Gasteiger partial charge on any atom is 0.251 e. The zero-order valence-corrected chi connectivity index (χ0v) is 17.7. The highest BCUT2D eigenvalue weighted by Crippen LogP contribution is 2.24. The van der Waals surface area contributed by atoms with Gasteiger partial charge in [0.25, 0.3) is 5.91 Å². The molecule has 0 fully saturated rings. The minimum absolute atomic E-state index is 0.00178. The summed E-state index contributed by atoms with van der Waals surface area (Å²) in [6.07, 6.45) is 1.07.